The monoisotopic (exact) mass is 269 g/mol. The molecule has 0 atom stereocenters. The number of halogens is 3. The van der Waals surface area contributed by atoms with E-state index in [2.05, 4.69) is 24.8 Å². The van der Waals surface area contributed by atoms with E-state index in [4.69, 9.17) is 0 Å². The molecule has 1 N–H and O–H groups in total. The van der Waals surface area contributed by atoms with Gasteiger partial charge < -0.3 is 14.8 Å². The van der Waals surface area contributed by atoms with Crippen molar-refractivity contribution in [3.8, 4) is 11.5 Å². The molecule has 19 heavy (non-hydrogen) atoms. The van der Waals surface area contributed by atoms with Gasteiger partial charge in [0.15, 0.2) is 11.5 Å². The van der Waals surface area contributed by atoms with Gasteiger partial charge in [-0.05, 0) is 12.1 Å². The van der Waals surface area contributed by atoms with E-state index in [1.807, 2.05) is 0 Å². The first-order chi connectivity index (χ1) is 9.02. The summed E-state index contributed by atoms with van der Waals surface area (Å²) in [5.74, 6) is -0.683. The molecule has 5 nitrogen and oxygen atoms in total. The number of hydrogen-bond donors (Lipinski definition) is 1. The molecule has 98 valence electrons. The van der Waals surface area contributed by atoms with Crippen LogP contribution in [0.4, 0.5) is 24.7 Å². The molecule has 1 aliphatic heterocycles. The van der Waals surface area contributed by atoms with Crippen LogP contribution in [0.15, 0.2) is 30.6 Å². The summed E-state index contributed by atoms with van der Waals surface area (Å²) in [6, 6.07) is 5.16. The summed E-state index contributed by atoms with van der Waals surface area (Å²) in [5.41, 5.74) is 0.401. The second-order valence-corrected chi connectivity index (χ2v) is 3.68. The van der Waals surface area contributed by atoms with E-state index in [9.17, 15) is 13.2 Å². The van der Waals surface area contributed by atoms with E-state index in [0.717, 1.165) is 12.4 Å². The van der Waals surface area contributed by atoms with Crippen molar-refractivity contribution in [3.05, 3.63) is 36.5 Å². The number of alkyl halides is 2. The second-order valence-electron chi connectivity index (χ2n) is 3.68. The molecule has 0 spiro atoms. The summed E-state index contributed by atoms with van der Waals surface area (Å²) in [7, 11) is 0. The van der Waals surface area contributed by atoms with Crippen molar-refractivity contribution >= 4 is 11.5 Å². The van der Waals surface area contributed by atoms with E-state index in [0.29, 0.717) is 5.69 Å². The minimum atomic E-state index is -3.66. The van der Waals surface area contributed by atoms with Gasteiger partial charge in [-0.2, -0.15) is 4.39 Å². The van der Waals surface area contributed by atoms with Crippen LogP contribution in [-0.4, -0.2) is 16.3 Å². The molecular formula is C11H6F3N3O2. The Labute approximate surface area is 105 Å². The first-order valence-corrected chi connectivity index (χ1v) is 5.16. The maximum atomic E-state index is 12.9. The Hall–Kier alpha value is -2.51. The molecule has 0 fully saturated rings. The minimum Gasteiger partial charge on any atom is -0.395 e. The van der Waals surface area contributed by atoms with Crippen molar-refractivity contribution in [1.29, 1.82) is 0 Å². The third kappa shape index (κ3) is 2.37. The molecule has 0 radical (unpaired) electrons. The van der Waals surface area contributed by atoms with E-state index >= 15 is 0 Å². The van der Waals surface area contributed by atoms with Crippen LogP contribution >= 0.6 is 0 Å². The summed E-state index contributed by atoms with van der Waals surface area (Å²) in [5, 5.41) is 2.73. The van der Waals surface area contributed by atoms with Gasteiger partial charge in [0, 0.05) is 17.8 Å². The maximum Gasteiger partial charge on any atom is 0.586 e. The van der Waals surface area contributed by atoms with Crippen molar-refractivity contribution in [2.24, 2.45) is 0 Å². The Morgan fingerprint density at radius 1 is 1.05 bits per heavy atom. The Morgan fingerprint density at radius 3 is 2.63 bits per heavy atom. The highest BCUT2D eigenvalue weighted by Crippen LogP contribution is 2.42. The number of ether oxygens (including phenoxy) is 2. The highest BCUT2D eigenvalue weighted by Gasteiger charge is 2.43. The van der Waals surface area contributed by atoms with Crippen molar-refractivity contribution in [2.75, 3.05) is 5.32 Å². The Balaban J connectivity index is 1.85. The SMILES string of the molecule is Fc1cc(Nc2ccc3c(c2)OC(F)(F)O3)ncn1. The molecule has 0 bridgehead atoms. The van der Waals surface area contributed by atoms with Gasteiger partial charge >= 0.3 is 6.29 Å². The highest BCUT2D eigenvalue weighted by molar-refractivity contribution is 5.61. The fourth-order valence-electron chi connectivity index (χ4n) is 1.58. The molecule has 0 saturated heterocycles. The molecule has 1 aromatic carbocycles. The van der Waals surface area contributed by atoms with Crippen LogP contribution in [0.25, 0.3) is 0 Å². The van der Waals surface area contributed by atoms with Gasteiger partial charge in [0.05, 0.1) is 0 Å². The van der Waals surface area contributed by atoms with Crippen LogP contribution in [-0.2, 0) is 0 Å². The van der Waals surface area contributed by atoms with Crippen molar-refractivity contribution in [2.45, 2.75) is 6.29 Å². The predicted molar refractivity (Wildman–Crippen MR) is 57.9 cm³/mol. The van der Waals surface area contributed by atoms with Gasteiger partial charge in [-0.25, -0.2) is 9.97 Å². The quantitative estimate of drug-likeness (QED) is 0.849. The third-order valence-corrected chi connectivity index (χ3v) is 2.31. The number of nitrogens with one attached hydrogen (secondary N) is 1. The van der Waals surface area contributed by atoms with Crippen LogP contribution in [0, 0.1) is 5.95 Å². The van der Waals surface area contributed by atoms with Crippen molar-refractivity contribution < 1.29 is 22.6 Å². The van der Waals surface area contributed by atoms with Gasteiger partial charge in [0.1, 0.15) is 12.1 Å². The summed E-state index contributed by atoms with van der Waals surface area (Å²) < 4.78 is 47.0. The molecule has 1 aliphatic rings. The zero-order valence-electron chi connectivity index (χ0n) is 9.23. The second kappa shape index (κ2) is 4.01. The Morgan fingerprint density at radius 2 is 1.84 bits per heavy atom. The maximum absolute atomic E-state index is 12.9. The summed E-state index contributed by atoms with van der Waals surface area (Å²) in [6.45, 7) is 0. The van der Waals surface area contributed by atoms with Gasteiger partial charge in [0.25, 0.3) is 0 Å². The molecule has 0 amide bonds. The van der Waals surface area contributed by atoms with Crippen LogP contribution in [0.3, 0.4) is 0 Å². The molecule has 1 aromatic heterocycles. The van der Waals surface area contributed by atoms with Gasteiger partial charge in [-0.15, -0.1) is 8.78 Å². The number of rotatable bonds is 2. The Kier molecular flexibility index (Phi) is 2.44. The van der Waals surface area contributed by atoms with Crippen molar-refractivity contribution in [1.82, 2.24) is 9.97 Å². The normalized spacial score (nSPS) is 15.3. The average Bonchev–Trinajstić information content (AvgIpc) is 2.62. The molecule has 0 aliphatic carbocycles. The molecule has 2 aromatic rings. The number of anilines is 2. The lowest BCUT2D eigenvalue weighted by atomic mass is 10.3. The number of nitrogens with zero attached hydrogens (tertiary/aromatic N) is 2. The minimum absolute atomic E-state index is 0.0654. The Bertz CT molecular complexity index is 636. The lowest BCUT2D eigenvalue weighted by Gasteiger charge is -2.05. The summed E-state index contributed by atoms with van der Waals surface area (Å²) >= 11 is 0. The molecule has 0 unspecified atom stereocenters. The number of benzene rings is 1. The zero-order valence-corrected chi connectivity index (χ0v) is 9.23. The van der Waals surface area contributed by atoms with Crippen LogP contribution in [0.5, 0.6) is 11.5 Å². The average molecular weight is 269 g/mol. The molecule has 3 rings (SSSR count). The lowest BCUT2D eigenvalue weighted by molar-refractivity contribution is -0.286. The topological polar surface area (TPSA) is 56.3 Å². The molecule has 2 heterocycles. The van der Waals surface area contributed by atoms with E-state index in [1.165, 1.54) is 18.2 Å². The first-order valence-electron chi connectivity index (χ1n) is 5.16. The van der Waals surface area contributed by atoms with Gasteiger partial charge in [-0.1, -0.05) is 0 Å². The summed E-state index contributed by atoms with van der Waals surface area (Å²) in [6.07, 6.45) is -2.62. The smallest absolute Gasteiger partial charge is 0.395 e. The van der Waals surface area contributed by atoms with E-state index < -0.39 is 12.2 Å². The number of aromatic nitrogens is 2. The van der Waals surface area contributed by atoms with Crippen molar-refractivity contribution in [3.63, 3.8) is 0 Å². The largest absolute Gasteiger partial charge is 0.586 e. The van der Waals surface area contributed by atoms with Crippen LogP contribution in [0.1, 0.15) is 0 Å². The third-order valence-electron chi connectivity index (χ3n) is 2.31. The fraction of sp³-hybridized carbons (Fsp3) is 0.0909. The standard InChI is InChI=1S/C11H6F3N3O2/c12-9-4-10(16-5-15-9)17-6-1-2-7-8(3-6)19-11(13,14)18-7/h1-5H,(H,15,16,17). The van der Waals surface area contributed by atoms with E-state index in [1.54, 1.807) is 0 Å². The molecule has 8 heteroatoms. The van der Waals surface area contributed by atoms with E-state index in [-0.39, 0.29) is 17.3 Å². The van der Waals surface area contributed by atoms with Gasteiger partial charge in [0.2, 0.25) is 5.95 Å². The van der Waals surface area contributed by atoms with Crippen LogP contribution in [0.2, 0.25) is 0 Å². The predicted octanol–water partition coefficient (Wildman–Crippen LogP) is 2.68. The number of fused-ring (bicyclic) bond motifs is 1. The fourth-order valence-corrected chi connectivity index (χ4v) is 1.58. The molecular weight excluding hydrogens is 263 g/mol. The summed E-state index contributed by atoms with van der Waals surface area (Å²) in [4.78, 5) is 7.07. The highest BCUT2D eigenvalue weighted by atomic mass is 19.3. The lowest BCUT2D eigenvalue weighted by Crippen LogP contribution is -2.25. The number of hydrogen-bond acceptors (Lipinski definition) is 5. The van der Waals surface area contributed by atoms with Gasteiger partial charge in [-0.3, -0.25) is 0 Å². The molecule has 0 saturated carbocycles. The first kappa shape index (κ1) is 11.6. The van der Waals surface area contributed by atoms with Crippen LogP contribution < -0.4 is 14.8 Å². The zero-order chi connectivity index (χ0) is 13.5.